The van der Waals surface area contributed by atoms with Gasteiger partial charge >= 0.3 is 0 Å². The molecule has 0 spiro atoms. The van der Waals surface area contributed by atoms with Crippen molar-refractivity contribution < 1.29 is 15.0 Å². The fourth-order valence-electron chi connectivity index (χ4n) is 2.59. The molecule has 1 fully saturated rings. The van der Waals surface area contributed by atoms with Crippen LogP contribution in [-0.4, -0.2) is 28.8 Å². The molecule has 2 rings (SSSR count). The zero-order valence-corrected chi connectivity index (χ0v) is 11.2. The van der Waals surface area contributed by atoms with Crippen LogP contribution in [0.5, 0.6) is 5.75 Å². The standard InChI is InChI=1S/C15H21NO3/c1-10-3-2-4-13(14(10)18)15(19)16-12-7-5-11(9-17)6-8-12/h2-4,11-12,17-18H,5-9H2,1H3,(H,16,19). The zero-order chi connectivity index (χ0) is 13.8. The number of amides is 1. The fraction of sp³-hybridized carbons (Fsp3) is 0.533. The summed E-state index contributed by atoms with van der Waals surface area (Å²) in [6.07, 6.45) is 3.68. The van der Waals surface area contributed by atoms with Gasteiger partial charge in [-0.25, -0.2) is 0 Å². The minimum absolute atomic E-state index is 0.0593. The number of benzene rings is 1. The molecular formula is C15H21NO3. The van der Waals surface area contributed by atoms with Crippen molar-refractivity contribution in [1.29, 1.82) is 0 Å². The van der Waals surface area contributed by atoms with E-state index in [0.29, 0.717) is 17.0 Å². The number of aliphatic hydroxyl groups is 1. The van der Waals surface area contributed by atoms with Crippen LogP contribution >= 0.6 is 0 Å². The van der Waals surface area contributed by atoms with E-state index in [2.05, 4.69) is 5.32 Å². The van der Waals surface area contributed by atoms with Gasteiger partial charge in [0.25, 0.3) is 5.91 Å². The highest BCUT2D eigenvalue weighted by Gasteiger charge is 2.23. The number of nitrogens with one attached hydrogen (secondary N) is 1. The Kier molecular flexibility index (Phi) is 4.43. The van der Waals surface area contributed by atoms with Crippen LogP contribution in [0.15, 0.2) is 18.2 Å². The first-order valence-corrected chi connectivity index (χ1v) is 6.82. The van der Waals surface area contributed by atoms with Crippen LogP contribution in [0.2, 0.25) is 0 Å². The molecule has 1 aromatic carbocycles. The topological polar surface area (TPSA) is 69.6 Å². The van der Waals surface area contributed by atoms with E-state index in [-0.39, 0.29) is 24.3 Å². The molecular weight excluding hydrogens is 242 g/mol. The summed E-state index contributed by atoms with van der Waals surface area (Å²) in [7, 11) is 0. The van der Waals surface area contributed by atoms with E-state index in [1.165, 1.54) is 0 Å². The number of para-hydroxylation sites is 1. The number of carbonyl (C=O) groups excluding carboxylic acids is 1. The van der Waals surface area contributed by atoms with Gasteiger partial charge in [-0.1, -0.05) is 12.1 Å². The number of carbonyl (C=O) groups is 1. The zero-order valence-electron chi connectivity index (χ0n) is 11.2. The average molecular weight is 263 g/mol. The van der Waals surface area contributed by atoms with E-state index in [4.69, 9.17) is 5.11 Å². The number of aromatic hydroxyl groups is 1. The summed E-state index contributed by atoms with van der Waals surface area (Å²) in [5.41, 5.74) is 1.04. The molecule has 4 heteroatoms. The lowest BCUT2D eigenvalue weighted by Gasteiger charge is -2.28. The van der Waals surface area contributed by atoms with Gasteiger partial charge < -0.3 is 15.5 Å². The van der Waals surface area contributed by atoms with Crippen LogP contribution in [0.4, 0.5) is 0 Å². The first-order valence-electron chi connectivity index (χ1n) is 6.82. The molecule has 1 aromatic rings. The molecule has 3 N–H and O–H groups in total. The number of hydrogen-bond donors (Lipinski definition) is 3. The van der Waals surface area contributed by atoms with E-state index in [9.17, 15) is 9.90 Å². The second-order valence-corrected chi connectivity index (χ2v) is 5.34. The third kappa shape index (κ3) is 3.26. The number of aliphatic hydroxyl groups excluding tert-OH is 1. The minimum atomic E-state index is -0.214. The predicted molar refractivity (Wildman–Crippen MR) is 73.1 cm³/mol. The first-order chi connectivity index (χ1) is 9.11. The normalized spacial score (nSPS) is 23.1. The van der Waals surface area contributed by atoms with Crippen molar-refractivity contribution in [3.8, 4) is 5.75 Å². The van der Waals surface area contributed by atoms with Gasteiger partial charge in [0.05, 0.1) is 5.56 Å². The molecule has 0 atom stereocenters. The van der Waals surface area contributed by atoms with Gasteiger partial charge in [0.1, 0.15) is 5.75 Å². The Bertz CT molecular complexity index is 451. The summed E-state index contributed by atoms with van der Waals surface area (Å²) in [4.78, 5) is 12.1. The van der Waals surface area contributed by atoms with E-state index in [1.54, 1.807) is 25.1 Å². The summed E-state index contributed by atoms with van der Waals surface area (Å²) in [5, 5.41) is 21.9. The Morgan fingerprint density at radius 1 is 1.32 bits per heavy atom. The Hall–Kier alpha value is -1.55. The lowest BCUT2D eigenvalue weighted by atomic mass is 9.86. The molecule has 0 aliphatic heterocycles. The molecule has 4 nitrogen and oxygen atoms in total. The van der Waals surface area contributed by atoms with Crippen molar-refractivity contribution >= 4 is 5.91 Å². The maximum atomic E-state index is 12.1. The average Bonchev–Trinajstić information content (AvgIpc) is 2.42. The van der Waals surface area contributed by atoms with E-state index < -0.39 is 0 Å². The number of hydrogen-bond acceptors (Lipinski definition) is 3. The lowest BCUT2D eigenvalue weighted by Crippen LogP contribution is -2.38. The molecule has 1 aliphatic rings. The molecule has 0 unspecified atom stereocenters. The summed E-state index contributed by atoms with van der Waals surface area (Å²) in [5.74, 6) is 0.221. The highest BCUT2D eigenvalue weighted by molar-refractivity contribution is 5.97. The monoisotopic (exact) mass is 263 g/mol. The minimum Gasteiger partial charge on any atom is -0.507 e. The van der Waals surface area contributed by atoms with Crippen molar-refractivity contribution in [2.24, 2.45) is 5.92 Å². The molecule has 0 radical (unpaired) electrons. The predicted octanol–water partition coefficient (Wildman–Crippen LogP) is 1.98. The van der Waals surface area contributed by atoms with Gasteiger partial charge in [-0.15, -0.1) is 0 Å². The van der Waals surface area contributed by atoms with Crippen LogP contribution in [0.1, 0.15) is 41.6 Å². The van der Waals surface area contributed by atoms with Crippen LogP contribution < -0.4 is 5.32 Å². The van der Waals surface area contributed by atoms with Crippen molar-refractivity contribution in [2.75, 3.05) is 6.61 Å². The van der Waals surface area contributed by atoms with Crippen LogP contribution in [-0.2, 0) is 0 Å². The molecule has 0 bridgehead atoms. The van der Waals surface area contributed by atoms with Gasteiger partial charge in [0.15, 0.2) is 0 Å². The van der Waals surface area contributed by atoms with Gasteiger partial charge in [0.2, 0.25) is 0 Å². The number of rotatable bonds is 3. The van der Waals surface area contributed by atoms with E-state index >= 15 is 0 Å². The smallest absolute Gasteiger partial charge is 0.255 e. The molecule has 1 saturated carbocycles. The molecule has 104 valence electrons. The second kappa shape index (κ2) is 6.06. The van der Waals surface area contributed by atoms with Gasteiger partial charge in [0, 0.05) is 12.6 Å². The number of aryl methyl sites for hydroxylation is 1. The first kappa shape index (κ1) is 13.9. The highest BCUT2D eigenvalue weighted by Crippen LogP contribution is 2.25. The maximum Gasteiger partial charge on any atom is 0.255 e. The molecule has 0 aromatic heterocycles. The van der Waals surface area contributed by atoms with Crippen molar-refractivity contribution in [3.05, 3.63) is 29.3 Å². The van der Waals surface area contributed by atoms with Gasteiger partial charge in [-0.3, -0.25) is 4.79 Å². The van der Waals surface area contributed by atoms with Crippen LogP contribution in [0, 0.1) is 12.8 Å². The maximum absolute atomic E-state index is 12.1. The second-order valence-electron chi connectivity index (χ2n) is 5.34. The van der Waals surface area contributed by atoms with Crippen molar-refractivity contribution in [3.63, 3.8) is 0 Å². The third-order valence-electron chi connectivity index (χ3n) is 3.92. The number of phenols is 1. The Morgan fingerprint density at radius 3 is 2.63 bits per heavy atom. The van der Waals surface area contributed by atoms with Crippen molar-refractivity contribution in [1.82, 2.24) is 5.32 Å². The molecule has 19 heavy (non-hydrogen) atoms. The van der Waals surface area contributed by atoms with E-state index in [1.807, 2.05) is 0 Å². The molecule has 1 aliphatic carbocycles. The van der Waals surface area contributed by atoms with Crippen molar-refractivity contribution in [2.45, 2.75) is 38.6 Å². The Labute approximate surface area is 113 Å². The third-order valence-corrected chi connectivity index (χ3v) is 3.92. The summed E-state index contributed by atoms with van der Waals surface area (Å²) < 4.78 is 0. The molecule has 0 heterocycles. The van der Waals surface area contributed by atoms with Crippen LogP contribution in [0.3, 0.4) is 0 Å². The highest BCUT2D eigenvalue weighted by atomic mass is 16.3. The van der Waals surface area contributed by atoms with E-state index in [0.717, 1.165) is 25.7 Å². The quantitative estimate of drug-likeness (QED) is 0.781. The molecule has 0 saturated heterocycles. The van der Waals surface area contributed by atoms with Crippen LogP contribution in [0.25, 0.3) is 0 Å². The summed E-state index contributed by atoms with van der Waals surface area (Å²) >= 11 is 0. The summed E-state index contributed by atoms with van der Waals surface area (Å²) in [6.45, 7) is 2.01. The largest absolute Gasteiger partial charge is 0.507 e. The summed E-state index contributed by atoms with van der Waals surface area (Å²) in [6, 6.07) is 5.33. The number of phenolic OH excluding ortho intramolecular Hbond substituents is 1. The Balaban J connectivity index is 1.96. The molecule has 1 amide bonds. The van der Waals surface area contributed by atoms with Gasteiger partial charge in [-0.05, 0) is 50.2 Å². The van der Waals surface area contributed by atoms with Gasteiger partial charge in [-0.2, -0.15) is 0 Å². The SMILES string of the molecule is Cc1cccc(C(=O)NC2CCC(CO)CC2)c1O. The lowest BCUT2D eigenvalue weighted by molar-refractivity contribution is 0.0911. The Morgan fingerprint density at radius 2 is 2.00 bits per heavy atom. The fourth-order valence-corrected chi connectivity index (χ4v) is 2.59.